The van der Waals surface area contributed by atoms with E-state index in [2.05, 4.69) is 24.4 Å². The number of hydrogen-bond donors (Lipinski definition) is 1. The topological polar surface area (TPSA) is 21.3 Å². The van der Waals surface area contributed by atoms with E-state index in [4.69, 9.17) is 16.3 Å². The van der Waals surface area contributed by atoms with Crippen molar-refractivity contribution in [2.75, 3.05) is 20.2 Å². The van der Waals surface area contributed by atoms with Gasteiger partial charge in [0.15, 0.2) is 0 Å². The van der Waals surface area contributed by atoms with E-state index in [9.17, 15) is 0 Å². The number of piperidine rings is 1. The van der Waals surface area contributed by atoms with Crippen molar-refractivity contribution in [1.82, 2.24) is 5.32 Å². The number of benzene rings is 1. The molecule has 0 atom stereocenters. The minimum Gasteiger partial charge on any atom is -0.495 e. The molecule has 16 heavy (non-hydrogen) atoms. The van der Waals surface area contributed by atoms with E-state index in [1.165, 1.54) is 18.4 Å². The summed E-state index contributed by atoms with van der Waals surface area (Å²) in [5.41, 5.74) is 2.48. The van der Waals surface area contributed by atoms with Crippen LogP contribution in [0.1, 0.15) is 29.9 Å². The van der Waals surface area contributed by atoms with Gasteiger partial charge in [0, 0.05) is 0 Å². The number of halogens is 1. The maximum Gasteiger partial charge on any atom is 0.140 e. The first-order chi connectivity index (χ1) is 7.72. The average molecular weight is 240 g/mol. The normalized spacial score (nSPS) is 17.4. The fraction of sp³-hybridized carbons (Fsp3) is 0.538. The highest BCUT2D eigenvalue weighted by molar-refractivity contribution is 6.32. The zero-order valence-corrected chi connectivity index (χ0v) is 10.6. The molecule has 1 saturated heterocycles. The second kappa shape index (κ2) is 5.07. The molecule has 0 aliphatic carbocycles. The molecule has 3 heteroatoms. The Morgan fingerprint density at radius 3 is 2.56 bits per heavy atom. The van der Waals surface area contributed by atoms with Gasteiger partial charge in [0.2, 0.25) is 0 Å². The first kappa shape index (κ1) is 11.7. The number of hydrogen-bond acceptors (Lipinski definition) is 2. The Labute approximate surface area is 102 Å². The number of aryl methyl sites for hydroxylation is 1. The predicted octanol–water partition coefficient (Wildman–Crippen LogP) is 3.12. The summed E-state index contributed by atoms with van der Waals surface area (Å²) >= 11 is 6.21. The zero-order chi connectivity index (χ0) is 11.5. The molecule has 0 bridgehead atoms. The lowest BCUT2D eigenvalue weighted by Gasteiger charge is -2.24. The van der Waals surface area contributed by atoms with Crippen LogP contribution in [0, 0.1) is 6.92 Å². The minimum absolute atomic E-state index is 0.642. The lowest BCUT2D eigenvalue weighted by molar-refractivity contribution is 0.410. The Hall–Kier alpha value is -0.730. The average Bonchev–Trinajstić information content (AvgIpc) is 2.30. The summed E-state index contributed by atoms with van der Waals surface area (Å²) < 4.78 is 5.27. The van der Waals surface area contributed by atoms with E-state index in [1.54, 1.807) is 7.11 Å². The Morgan fingerprint density at radius 1 is 1.31 bits per heavy atom. The fourth-order valence-electron chi connectivity index (χ4n) is 2.41. The number of rotatable bonds is 2. The molecule has 1 aliphatic heterocycles. The molecule has 1 N–H and O–H groups in total. The molecular formula is C13H18ClNO. The molecule has 0 radical (unpaired) electrons. The highest BCUT2D eigenvalue weighted by Gasteiger charge is 2.17. The van der Waals surface area contributed by atoms with Gasteiger partial charge < -0.3 is 10.1 Å². The zero-order valence-electron chi connectivity index (χ0n) is 9.85. The van der Waals surface area contributed by atoms with Gasteiger partial charge in [-0.2, -0.15) is 0 Å². The molecule has 0 saturated carbocycles. The lowest BCUT2D eigenvalue weighted by atomic mass is 9.89. The van der Waals surface area contributed by atoms with Crippen molar-refractivity contribution in [3.63, 3.8) is 0 Å². The third kappa shape index (κ3) is 2.33. The molecule has 1 aromatic carbocycles. The van der Waals surface area contributed by atoms with Gasteiger partial charge in [-0.05, 0) is 56.0 Å². The van der Waals surface area contributed by atoms with Crippen molar-refractivity contribution < 1.29 is 4.74 Å². The van der Waals surface area contributed by atoms with Crippen LogP contribution in [0.2, 0.25) is 5.02 Å². The molecule has 0 unspecified atom stereocenters. The molecular weight excluding hydrogens is 222 g/mol. The van der Waals surface area contributed by atoms with Crippen molar-refractivity contribution in [1.29, 1.82) is 0 Å². The molecule has 1 fully saturated rings. The van der Waals surface area contributed by atoms with Crippen molar-refractivity contribution in [3.8, 4) is 5.75 Å². The van der Waals surface area contributed by atoms with E-state index in [0.29, 0.717) is 5.92 Å². The highest BCUT2D eigenvalue weighted by atomic mass is 35.5. The minimum atomic E-state index is 0.642. The van der Waals surface area contributed by atoms with E-state index in [1.807, 2.05) is 0 Å². The van der Waals surface area contributed by atoms with Gasteiger partial charge >= 0.3 is 0 Å². The second-order valence-electron chi connectivity index (χ2n) is 4.38. The van der Waals surface area contributed by atoms with Crippen molar-refractivity contribution in [2.24, 2.45) is 0 Å². The summed E-state index contributed by atoms with van der Waals surface area (Å²) in [5.74, 6) is 1.45. The van der Waals surface area contributed by atoms with Crippen LogP contribution in [0.4, 0.5) is 0 Å². The van der Waals surface area contributed by atoms with Crippen molar-refractivity contribution in [3.05, 3.63) is 28.3 Å². The number of nitrogens with one attached hydrogen (secondary N) is 1. The largest absolute Gasteiger partial charge is 0.495 e. The van der Waals surface area contributed by atoms with Crippen LogP contribution in [-0.4, -0.2) is 20.2 Å². The maximum absolute atomic E-state index is 6.21. The molecule has 88 valence electrons. The van der Waals surface area contributed by atoms with Gasteiger partial charge in [-0.15, -0.1) is 0 Å². The molecule has 1 aliphatic rings. The van der Waals surface area contributed by atoms with Gasteiger partial charge in [-0.25, -0.2) is 0 Å². The van der Waals surface area contributed by atoms with Crippen LogP contribution in [0.3, 0.4) is 0 Å². The summed E-state index contributed by atoms with van der Waals surface area (Å²) in [5, 5.41) is 4.11. The van der Waals surface area contributed by atoms with E-state index >= 15 is 0 Å². The second-order valence-corrected chi connectivity index (χ2v) is 4.78. The summed E-state index contributed by atoms with van der Waals surface area (Å²) in [6, 6.07) is 4.27. The molecule has 1 aromatic rings. The quantitative estimate of drug-likeness (QED) is 0.856. The van der Waals surface area contributed by atoms with Crippen molar-refractivity contribution >= 4 is 11.6 Å². The van der Waals surface area contributed by atoms with Gasteiger partial charge in [0.1, 0.15) is 5.75 Å². The third-order valence-electron chi connectivity index (χ3n) is 3.27. The summed E-state index contributed by atoms with van der Waals surface area (Å²) in [4.78, 5) is 0. The SMILES string of the molecule is COc1c(C)cc(C2CCNCC2)cc1Cl. The first-order valence-electron chi connectivity index (χ1n) is 5.77. The molecule has 1 heterocycles. The van der Waals surface area contributed by atoms with E-state index < -0.39 is 0 Å². The van der Waals surface area contributed by atoms with Gasteiger partial charge in [0.05, 0.1) is 12.1 Å². The van der Waals surface area contributed by atoms with Gasteiger partial charge in [-0.3, -0.25) is 0 Å². The standard InChI is InChI=1S/C13H18ClNO/c1-9-7-11(8-12(14)13(9)16-2)10-3-5-15-6-4-10/h7-8,10,15H,3-6H2,1-2H3. The highest BCUT2D eigenvalue weighted by Crippen LogP contribution is 2.34. The van der Waals surface area contributed by atoms with E-state index in [0.717, 1.165) is 29.4 Å². The molecule has 0 aromatic heterocycles. The van der Waals surface area contributed by atoms with Crippen molar-refractivity contribution in [2.45, 2.75) is 25.7 Å². The summed E-state index contributed by atoms with van der Waals surface area (Å²) in [6.45, 7) is 4.26. The molecule has 2 rings (SSSR count). The number of ether oxygens (including phenoxy) is 1. The number of methoxy groups -OCH3 is 1. The Kier molecular flexibility index (Phi) is 3.72. The van der Waals surface area contributed by atoms with Gasteiger partial charge in [-0.1, -0.05) is 17.7 Å². The summed E-state index contributed by atoms with van der Waals surface area (Å²) in [7, 11) is 1.67. The van der Waals surface area contributed by atoms with E-state index in [-0.39, 0.29) is 0 Å². The Morgan fingerprint density at radius 2 is 2.00 bits per heavy atom. The van der Waals surface area contributed by atoms with Crippen LogP contribution in [0.25, 0.3) is 0 Å². The van der Waals surface area contributed by atoms with Crippen LogP contribution in [0.5, 0.6) is 5.75 Å². The third-order valence-corrected chi connectivity index (χ3v) is 3.55. The Bertz CT molecular complexity index is 349. The molecule has 0 spiro atoms. The Balaban J connectivity index is 2.28. The van der Waals surface area contributed by atoms with Gasteiger partial charge in [0.25, 0.3) is 0 Å². The predicted molar refractivity (Wildman–Crippen MR) is 67.6 cm³/mol. The van der Waals surface area contributed by atoms with Crippen LogP contribution in [-0.2, 0) is 0 Å². The van der Waals surface area contributed by atoms with Crippen LogP contribution in [0.15, 0.2) is 12.1 Å². The maximum atomic E-state index is 6.21. The fourth-order valence-corrected chi connectivity index (χ4v) is 2.76. The molecule has 2 nitrogen and oxygen atoms in total. The smallest absolute Gasteiger partial charge is 0.140 e. The first-order valence-corrected chi connectivity index (χ1v) is 6.15. The lowest BCUT2D eigenvalue weighted by Crippen LogP contribution is -2.26. The van der Waals surface area contributed by atoms with Crippen LogP contribution >= 0.6 is 11.6 Å². The summed E-state index contributed by atoms with van der Waals surface area (Å²) in [6.07, 6.45) is 2.39. The molecule has 0 amide bonds. The monoisotopic (exact) mass is 239 g/mol. The van der Waals surface area contributed by atoms with Crippen LogP contribution < -0.4 is 10.1 Å².